The fourth-order valence-corrected chi connectivity index (χ4v) is 3.48. The van der Waals surface area contributed by atoms with Gasteiger partial charge in [0, 0.05) is 17.3 Å². The third-order valence-electron chi connectivity index (χ3n) is 3.65. The van der Waals surface area contributed by atoms with Gasteiger partial charge in [0.25, 0.3) is 0 Å². The maximum absolute atomic E-state index is 9.19. The first-order valence-corrected chi connectivity index (χ1v) is 8.60. The molecule has 0 fully saturated rings. The standard InChI is InChI=1S/C19H12N6S/c20-10-13-3-1-4-14(9-13)17-18(15-6-8-22-23-11-15)26-19(25-17)24-16-5-2-7-21-12-16/h1-9,11-12H,(H,24,25). The predicted molar refractivity (Wildman–Crippen MR) is 101 cm³/mol. The Morgan fingerprint density at radius 3 is 2.69 bits per heavy atom. The summed E-state index contributed by atoms with van der Waals surface area (Å²) >= 11 is 1.52. The molecule has 0 saturated carbocycles. The molecule has 0 unspecified atom stereocenters. The van der Waals surface area contributed by atoms with Crippen LogP contribution in [0.1, 0.15) is 5.56 Å². The number of pyridine rings is 1. The van der Waals surface area contributed by atoms with Crippen molar-refractivity contribution in [2.45, 2.75) is 0 Å². The van der Waals surface area contributed by atoms with E-state index in [0.29, 0.717) is 5.56 Å². The van der Waals surface area contributed by atoms with Crippen LogP contribution in [-0.2, 0) is 0 Å². The minimum Gasteiger partial charge on any atom is -0.330 e. The van der Waals surface area contributed by atoms with E-state index in [2.05, 4.69) is 26.6 Å². The molecule has 6 nitrogen and oxygen atoms in total. The highest BCUT2D eigenvalue weighted by Gasteiger charge is 2.16. The molecule has 1 aromatic carbocycles. The van der Waals surface area contributed by atoms with Gasteiger partial charge in [-0.1, -0.05) is 23.5 Å². The summed E-state index contributed by atoms with van der Waals surface area (Å²) in [5, 5.41) is 21.0. The average molecular weight is 356 g/mol. The Morgan fingerprint density at radius 2 is 1.92 bits per heavy atom. The summed E-state index contributed by atoms with van der Waals surface area (Å²) < 4.78 is 0. The first-order valence-electron chi connectivity index (χ1n) is 7.79. The zero-order valence-electron chi connectivity index (χ0n) is 13.5. The van der Waals surface area contributed by atoms with Crippen LogP contribution in [0, 0.1) is 11.3 Å². The summed E-state index contributed by atoms with van der Waals surface area (Å²) in [6.07, 6.45) is 6.82. The molecular weight excluding hydrogens is 344 g/mol. The number of hydrogen-bond donors (Lipinski definition) is 1. The van der Waals surface area contributed by atoms with E-state index in [1.165, 1.54) is 11.3 Å². The van der Waals surface area contributed by atoms with E-state index < -0.39 is 0 Å². The number of nitrogens with one attached hydrogen (secondary N) is 1. The van der Waals surface area contributed by atoms with Crippen molar-refractivity contribution in [3.63, 3.8) is 0 Å². The largest absolute Gasteiger partial charge is 0.330 e. The second-order valence-electron chi connectivity index (χ2n) is 5.39. The van der Waals surface area contributed by atoms with Gasteiger partial charge in [-0.2, -0.15) is 15.5 Å². The Hall–Kier alpha value is -3.63. The van der Waals surface area contributed by atoms with Gasteiger partial charge in [-0.3, -0.25) is 4.98 Å². The van der Waals surface area contributed by atoms with E-state index in [0.717, 1.165) is 32.5 Å². The van der Waals surface area contributed by atoms with E-state index in [4.69, 9.17) is 4.98 Å². The summed E-state index contributed by atoms with van der Waals surface area (Å²) in [5.41, 5.74) is 4.06. The highest BCUT2D eigenvalue weighted by atomic mass is 32.1. The SMILES string of the molecule is N#Cc1cccc(-c2nc(Nc3cccnc3)sc2-c2ccnnc2)c1. The molecule has 0 bridgehead atoms. The minimum atomic E-state index is 0.594. The summed E-state index contributed by atoms with van der Waals surface area (Å²) in [4.78, 5) is 9.82. The number of hydrogen-bond acceptors (Lipinski definition) is 7. The highest BCUT2D eigenvalue weighted by Crippen LogP contribution is 2.39. The molecule has 7 heteroatoms. The van der Waals surface area contributed by atoms with Crippen LogP contribution in [0.2, 0.25) is 0 Å². The lowest BCUT2D eigenvalue weighted by Gasteiger charge is -2.02. The molecule has 4 aromatic rings. The van der Waals surface area contributed by atoms with Crippen molar-refractivity contribution < 1.29 is 0 Å². The molecule has 0 atom stereocenters. The molecule has 4 rings (SSSR count). The van der Waals surface area contributed by atoms with Gasteiger partial charge in [-0.05, 0) is 30.3 Å². The molecule has 3 aromatic heterocycles. The van der Waals surface area contributed by atoms with Gasteiger partial charge in [-0.25, -0.2) is 4.98 Å². The maximum Gasteiger partial charge on any atom is 0.188 e. The molecule has 124 valence electrons. The summed E-state index contributed by atoms with van der Waals surface area (Å²) in [5.74, 6) is 0. The topological polar surface area (TPSA) is 87.4 Å². The van der Waals surface area contributed by atoms with E-state index in [1.807, 2.05) is 36.4 Å². The quantitative estimate of drug-likeness (QED) is 0.587. The molecule has 0 spiro atoms. The lowest BCUT2D eigenvalue weighted by atomic mass is 10.1. The predicted octanol–water partition coefficient (Wildman–Crippen LogP) is 4.28. The fraction of sp³-hybridized carbons (Fsp3) is 0. The van der Waals surface area contributed by atoms with Crippen LogP contribution in [0.15, 0.2) is 67.3 Å². The molecular formula is C19H12N6S. The van der Waals surface area contributed by atoms with Crippen molar-refractivity contribution >= 4 is 22.2 Å². The average Bonchev–Trinajstić information content (AvgIpc) is 3.13. The lowest BCUT2D eigenvalue weighted by Crippen LogP contribution is -1.90. The molecule has 0 amide bonds. The molecule has 26 heavy (non-hydrogen) atoms. The van der Waals surface area contributed by atoms with E-state index in [1.54, 1.807) is 30.9 Å². The number of rotatable bonds is 4. The van der Waals surface area contributed by atoms with Crippen LogP contribution in [-0.4, -0.2) is 20.2 Å². The highest BCUT2D eigenvalue weighted by molar-refractivity contribution is 7.19. The number of thiazole rings is 1. The number of nitrogens with zero attached hydrogens (tertiary/aromatic N) is 5. The third kappa shape index (κ3) is 3.27. The first-order chi connectivity index (χ1) is 12.8. The van der Waals surface area contributed by atoms with E-state index in [-0.39, 0.29) is 0 Å². The summed E-state index contributed by atoms with van der Waals surface area (Å²) in [7, 11) is 0. The fourth-order valence-electron chi connectivity index (χ4n) is 2.49. The third-order valence-corrected chi connectivity index (χ3v) is 4.67. The van der Waals surface area contributed by atoms with Crippen molar-refractivity contribution in [3.8, 4) is 27.8 Å². The van der Waals surface area contributed by atoms with Crippen molar-refractivity contribution in [2.24, 2.45) is 0 Å². The Labute approximate surface area is 153 Å². The Kier molecular flexibility index (Phi) is 4.33. The number of nitriles is 1. The van der Waals surface area contributed by atoms with Crippen molar-refractivity contribution in [2.75, 3.05) is 5.32 Å². The lowest BCUT2D eigenvalue weighted by molar-refractivity contribution is 1.03. The van der Waals surface area contributed by atoms with Crippen LogP contribution >= 0.6 is 11.3 Å². The Morgan fingerprint density at radius 1 is 0.962 bits per heavy atom. The van der Waals surface area contributed by atoms with E-state index in [9.17, 15) is 5.26 Å². The first kappa shape index (κ1) is 15.9. The van der Waals surface area contributed by atoms with Gasteiger partial charge in [0.05, 0.1) is 46.5 Å². The molecule has 1 N–H and O–H groups in total. The zero-order valence-corrected chi connectivity index (χ0v) is 14.3. The molecule has 3 heterocycles. The van der Waals surface area contributed by atoms with Crippen LogP contribution in [0.5, 0.6) is 0 Å². The van der Waals surface area contributed by atoms with Crippen LogP contribution in [0.4, 0.5) is 10.8 Å². The van der Waals surface area contributed by atoms with Crippen LogP contribution in [0.3, 0.4) is 0 Å². The van der Waals surface area contributed by atoms with Crippen molar-refractivity contribution in [1.82, 2.24) is 20.2 Å². The van der Waals surface area contributed by atoms with Gasteiger partial charge in [0.1, 0.15) is 0 Å². The zero-order chi connectivity index (χ0) is 17.8. The van der Waals surface area contributed by atoms with E-state index >= 15 is 0 Å². The Bertz CT molecular complexity index is 1070. The van der Waals surface area contributed by atoms with Gasteiger partial charge in [0.15, 0.2) is 5.13 Å². The Balaban J connectivity index is 1.82. The molecule has 0 radical (unpaired) electrons. The second-order valence-corrected chi connectivity index (χ2v) is 6.39. The van der Waals surface area contributed by atoms with Crippen molar-refractivity contribution in [3.05, 3.63) is 72.8 Å². The normalized spacial score (nSPS) is 10.3. The maximum atomic E-state index is 9.19. The summed E-state index contributed by atoms with van der Waals surface area (Å²) in [6.45, 7) is 0. The number of benzene rings is 1. The van der Waals surface area contributed by atoms with Gasteiger partial charge < -0.3 is 5.32 Å². The van der Waals surface area contributed by atoms with Crippen LogP contribution in [0.25, 0.3) is 21.7 Å². The van der Waals surface area contributed by atoms with Crippen molar-refractivity contribution in [1.29, 1.82) is 5.26 Å². The molecule has 0 aliphatic rings. The molecule has 0 saturated heterocycles. The number of aromatic nitrogens is 4. The minimum absolute atomic E-state index is 0.594. The molecule has 0 aliphatic heterocycles. The summed E-state index contributed by atoms with van der Waals surface area (Å²) in [6, 6.07) is 15.3. The monoisotopic (exact) mass is 356 g/mol. The molecule has 0 aliphatic carbocycles. The smallest absolute Gasteiger partial charge is 0.188 e. The second kappa shape index (κ2) is 7.09. The van der Waals surface area contributed by atoms with Gasteiger partial charge in [-0.15, -0.1) is 0 Å². The van der Waals surface area contributed by atoms with Gasteiger partial charge in [0.2, 0.25) is 0 Å². The number of anilines is 2. The van der Waals surface area contributed by atoms with Crippen LogP contribution < -0.4 is 5.32 Å². The van der Waals surface area contributed by atoms with Gasteiger partial charge >= 0.3 is 0 Å².